The van der Waals surface area contributed by atoms with Gasteiger partial charge in [-0.15, -0.1) is 0 Å². The van der Waals surface area contributed by atoms with E-state index in [1.165, 1.54) is 5.56 Å². The molecule has 112 valence electrons. The lowest BCUT2D eigenvalue weighted by Gasteiger charge is -2.31. The Labute approximate surface area is 127 Å². The second-order valence-corrected chi connectivity index (χ2v) is 5.38. The zero-order valence-corrected chi connectivity index (χ0v) is 13.2. The zero-order chi connectivity index (χ0) is 13.8. The Morgan fingerprint density at radius 3 is 2.50 bits per heavy atom. The molecular weight excluding hydrogens is 274 g/mol. The zero-order valence-electron chi connectivity index (χ0n) is 12.4. The highest BCUT2D eigenvalue weighted by Gasteiger charge is 2.16. The molecular formula is C15H23ClN3O-. The molecule has 0 saturated carbocycles. The molecule has 0 radical (unpaired) electrons. The van der Waals surface area contributed by atoms with Gasteiger partial charge in [-0.1, -0.05) is 12.1 Å². The summed E-state index contributed by atoms with van der Waals surface area (Å²) in [7, 11) is 2.12. The summed E-state index contributed by atoms with van der Waals surface area (Å²) in [6.07, 6.45) is 0. The number of nitrogens with one attached hydrogen (secondary N) is 1. The molecule has 4 nitrogen and oxygen atoms in total. The van der Waals surface area contributed by atoms with Gasteiger partial charge in [-0.2, -0.15) is 0 Å². The van der Waals surface area contributed by atoms with Crippen LogP contribution in [0.15, 0.2) is 18.2 Å². The van der Waals surface area contributed by atoms with Gasteiger partial charge in [0.15, 0.2) is 0 Å². The number of carbonyl (C=O) groups is 1. The van der Waals surface area contributed by atoms with Crippen LogP contribution in [0, 0.1) is 13.8 Å². The fraction of sp³-hybridized carbons (Fsp3) is 0.533. The summed E-state index contributed by atoms with van der Waals surface area (Å²) in [4.78, 5) is 16.6. The molecule has 1 N–H and O–H groups in total. The van der Waals surface area contributed by atoms with Gasteiger partial charge in [0.05, 0.1) is 6.54 Å². The van der Waals surface area contributed by atoms with Crippen molar-refractivity contribution >= 4 is 11.6 Å². The number of hydrogen-bond acceptors (Lipinski definition) is 3. The number of benzene rings is 1. The van der Waals surface area contributed by atoms with Gasteiger partial charge in [-0.05, 0) is 38.1 Å². The average molecular weight is 297 g/mol. The molecule has 0 aliphatic carbocycles. The van der Waals surface area contributed by atoms with E-state index in [9.17, 15) is 4.79 Å². The molecule has 0 unspecified atom stereocenters. The maximum absolute atomic E-state index is 12.1. The van der Waals surface area contributed by atoms with Gasteiger partial charge in [0, 0.05) is 31.9 Å². The highest BCUT2D eigenvalue weighted by atomic mass is 35.5. The standard InChI is InChI=1S/C15H23N3O.ClH/c1-12-5-4-6-14(13(12)2)16-15(19)11-18-9-7-17(3)8-10-18;/h4-6H,7-11H2,1-3H3,(H,16,19);1H/p-1. The van der Waals surface area contributed by atoms with Gasteiger partial charge in [0.1, 0.15) is 0 Å². The van der Waals surface area contributed by atoms with Gasteiger partial charge in [-0.3, -0.25) is 9.69 Å². The molecule has 1 aliphatic heterocycles. The normalized spacial score (nSPS) is 16.6. The van der Waals surface area contributed by atoms with Crippen molar-refractivity contribution < 1.29 is 17.2 Å². The van der Waals surface area contributed by atoms with Crippen molar-refractivity contribution in [3.63, 3.8) is 0 Å². The van der Waals surface area contributed by atoms with Crippen molar-refractivity contribution in [2.24, 2.45) is 0 Å². The highest BCUT2D eigenvalue weighted by molar-refractivity contribution is 5.93. The molecule has 1 aromatic carbocycles. The topological polar surface area (TPSA) is 35.6 Å². The van der Waals surface area contributed by atoms with E-state index in [4.69, 9.17) is 0 Å². The first kappa shape index (κ1) is 17.0. The summed E-state index contributed by atoms with van der Waals surface area (Å²) in [6, 6.07) is 6.00. The van der Waals surface area contributed by atoms with Gasteiger partial charge >= 0.3 is 0 Å². The van der Waals surface area contributed by atoms with Crippen molar-refractivity contribution in [3.8, 4) is 0 Å². The summed E-state index contributed by atoms with van der Waals surface area (Å²) in [5.74, 6) is 0.0817. The van der Waals surface area contributed by atoms with E-state index in [2.05, 4.69) is 35.2 Å². The molecule has 1 aromatic rings. The monoisotopic (exact) mass is 296 g/mol. The van der Waals surface area contributed by atoms with E-state index in [1.807, 2.05) is 19.1 Å². The second-order valence-electron chi connectivity index (χ2n) is 5.38. The number of hydrogen-bond donors (Lipinski definition) is 1. The number of nitrogens with zero attached hydrogens (tertiary/aromatic N) is 2. The minimum atomic E-state index is 0. The van der Waals surface area contributed by atoms with Crippen LogP contribution in [0.5, 0.6) is 0 Å². The highest BCUT2D eigenvalue weighted by Crippen LogP contribution is 2.17. The third-order valence-corrected chi connectivity index (χ3v) is 3.84. The third kappa shape index (κ3) is 4.47. The lowest BCUT2D eigenvalue weighted by Crippen LogP contribution is -3.00. The molecule has 1 amide bonds. The third-order valence-electron chi connectivity index (χ3n) is 3.84. The van der Waals surface area contributed by atoms with Crippen LogP contribution in [-0.2, 0) is 4.79 Å². The summed E-state index contributed by atoms with van der Waals surface area (Å²) in [6.45, 7) is 8.61. The number of likely N-dealkylation sites (N-methyl/N-ethyl adjacent to an activating group) is 1. The second kappa shape index (κ2) is 7.62. The van der Waals surface area contributed by atoms with E-state index >= 15 is 0 Å². The molecule has 1 fully saturated rings. The minimum Gasteiger partial charge on any atom is -1.00 e. The van der Waals surface area contributed by atoms with Gasteiger partial charge in [0.25, 0.3) is 0 Å². The Morgan fingerprint density at radius 1 is 1.20 bits per heavy atom. The van der Waals surface area contributed by atoms with Crippen LogP contribution in [-0.4, -0.2) is 55.5 Å². The average Bonchev–Trinajstić information content (AvgIpc) is 2.38. The first-order chi connectivity index (χ1) is 9.06. The molecule has 1 saturated heterocycles. The number of amides is 1. The number of carbonyl (C=O) groups excluding carboxylic acids is 1. The van der Waals surface area contributed by atoms with Gasteiger partial charge in [0.2, 0.25) is 5.91 Å². The first-order valence-electron chi connectivity index (χ1n) is 6.83. The Morgan fingerprint density at radius 2 is 1.85 bits per heavy atom. The number of halogens is 1. The molecule has 2 rings (SSSR count). The Balaban J connectivity index is 0.00000200. The lowest BCUT2D eigenvalue weighted by molar-refractivity contribution is -0.117. The summed E-state index contributed by atoms with van der Waals surface area (Å²) < 4.78 is 0. The predicted octanol–water partition coefficient (Wildman–Crippen LogP) is -1.51. The Kier molecular flexibility index (Phi) is 6.46. The van der Waals surface area contributed by atoms with Crippen LogP contribution >= 0.6 is 0 Å². The number of aryl methyl sites for hydroxylation is 1. The van der Waals surface area contributed by atoms with Crippen LogP contribution in [0.4, 0.5) is 5.69 Å². The van der Waals surface area contributed by atoms with E-state index < -0.39 is 0 Å². The molecule has 20 heavy (non-hydrogen) atoms. The Hall–Kier alpha value is -1.10. The summed E-state index contributed by atoms with van der Waals surface area (Å²) >= 11 is 0. The molecule has 0 bridgehead atoms. The number of rotatable bonds is 3. The predicted molar refractivity (Wildman–Crippen MR) is 78.5 cm³/mol. The van der Waals surface area contributed by atoms with E-state index in [1.54, 1.807) is 0 Å². The smallest absolute Gasteiger partial charge is 0.238 e. The largest absolute Gasteiger partial charge is 1.00 e. The molecule has 0 atom stereocenters. The van der Waals surface area contributed by atoms with Crippen LogP contribution in [0.3, 0.4) is 0 Å². The minimum absolute atomic E-state index is 0. The van der Waals surface area contributed by atoms with E-state index in [0.717, 1.165) is 37.4 Å². The maximum Gasteiger partial charge on any atom is 0.238 e. The molecule has 0 spiro atoms. The van der Waals surface area contributed by atoms with Gasteiger partial charge in [-0.25, -0.2) is 0 Å². The quantitative estimate of drug-likeness (QED) is 0.737. The molecule has 1 aliphatic rings. The van der Waals surface area contributed by atoms with Crippen LogP contribution in [0.2, 0.25) is 0 Å². The number of anilines is 1. The fourth-order valence-electron chi connectivity index (χ4n) is 2.29. The van der Waals surface area contributed by atoms with Gasteiger partial charge < -0.3 is 22.6 Å². The summed E-state index contributed by atoms with van der Waals surface area (Å²) in [5, 5.41) is 3.02. The maximum atomic E-state index is 12.1. The van der Waals surface area contributed by atoms with Crippen LogP contribution < -0.4 is 17.7 Å². The molecule has 5 heteroatoms. The Bertz CT molecular complexity index is 456. The van der Waals surface area contributed by atoms with Crippen LogP contribution in [0.25, 0.3) is 0 Å². The number of piperazine rings is 1. The van der Waals surface area contributed by atoms with E-state index in [0.29, 0.717) is 6.54 Å². The van der Waals surface area contributed by atoms with E-state index in [-0.39, 0.29) is 18.3 Å². The molecule has 0 aromatic heterocycles. The fourth-order valence-corrected chi connectivity index (χ4v) is 2.29. The summed E-state index contributed by atoms with van der Waals surface area (Å²) in [5.41, 5.74) is 3.28. The molecule has 1 heterocycles. The lowest BCUT2D eigenvalue weighted by atomic mass is 10.1. The van der Waals surface area contributed by atoms with Crippen molar-refractivity contribution in [2.45, 2.75) is 13.8 Å². The van der Waals surface area contributed by atoms with Crippen LogP contribution in [0.1, 0.15) is 11.1 Å². The van der Waals surface area contributed by atoms with Crippen molar-refractivity contribution in [2.75, 3.05) is 45.1 Å². The van der Waals surface area contributed by atoms with Crippen molar-refractivity contribution in [3.05, 3.63) is 29.3 Å². The first-order valence-corrected chi connectivity index (χ1v) is 6.83. The van der Waals surface area contributed by atoms with Crippen molar-refractivity contribution in [1.29, 1.82) is 0 Å². The SMILES string of the molecule is Cc1cccc(NC(=O)CN2CCN(C)CC2)c1C.[Cl-]. The van der Waals surface area contributed by atoms with Crippen molar-refractivity contribution in [1.82, 2.24) is 9.80 Å².